The van der Waals surface area contributed by atoms with Crippen molar-refractivity contribution >= 4 is 21.4 Å². The van der Waals surface area contributed by atoms with Gasteiger partial charge in [-0.3, -0.25) is 0 Å². The summed E-state index contributed by atoms with van der Waals surface area (Å²) < 4.78 is 26.1. The highest BCUT2D eigenvalue weighted by atomic mass is 32.2. The second kappa shape index (κ2) is 6.47. The molecule has 0 fully saturated rings. The molecule has 102 valence electrons. The lowest BCUT2D eigenvalue weighted by Crippen LogP contribution is -2.28. The van der Waals surface area contributed by atoms with E-state index in [-0.39, 0.29) is 11.5 Å². The van der Waals surface area contributed by atoms with E-state index >= 15 is 0 Å². The van der Waals surface area contributed by atoms with Crippen LogP contribution < -0.4 is 0 Å². The molecule has 0 saturated heterocycles. The van der Waals surface area contributed by atoms with Crippen molar-refractivity contribution in [2.24, 2.45) is 0 Å². The summed E-state index contributed by atoms with van der Waals surface area (Å²) >= 11 is 1.28. The topological polar surface area (TPSA) is 57.6 Å². The van der Waals surface area contributed by atoms with E-state index in [1.54, 1.807) is 25.4 Å². The van der Waals surface area contributed by atoms with E-state index in [1.165, 1.54) is 15.6 Å². The van der Waals surface area contributed by atoms with Crippen molar-refractivity contribution in [2.45, 2.75) is 31.3 Å². The molecule has 1 aromatic rings. The number of aliphatic hydroxyl groups is 1. The molecule has 1 aromatic heterocycles. The molecule has 0 unspecified atom stereocenters. The lowest BCUT2D eigenvalue weighted by molar-refractivity contribution is 0.282. The number of aryl methyl sites for hydroxylation is 1. The van der Waals surface area contributed by atoms with Gasteiger partial charge < -0.3 is 5.11 Å². The molecule has 18 heavy (non-hydrogen) atoms. The molecule has 1 N–H and O–H groups in total. The van der Waals surface area contributed by atoms with Crippen LogP contribution in [-0.4, -0.2) is 31.4 Å². The number of unbranched alkanes of at least 4 members (excludes halogenated alkanes) is 1. The summed E-state index contributed by atoms with van der Waals surface area (Å²) in [5.74, 6) is 0. The first kappa shape index (κ1) is 15.4. The van der Waals surface area contributed by atoms with E-state index in [0.29, 0.717) is 17.0 Å². The highest BCUT2D eigenvalue weighted by molar-refractivity contribution is 7.89. The Morgan fingerprint density at radius 1 is 1.56 bits per heavy atom. The predicted octanol–water partition coefficient (Wildman–Crippen LogP) is 2.14. The summed E-state index contributed by atoms with van der Waals surface area (Å²) in [6.07, 6.45) is 3.31. The van der Waals surface area contributed by atoms with Gasteiger partial charge in [0.15, 0.2) is 0 Å². The van der Waals surface area contributed by atoms with E-state index in [4.69, 9.17) is 0 Å². The van der Waals surface area contributed by atoms with E-state index in [1.807, 2.05) is 0 Å². The van der Waals surface area contributed by atoms with Crippen LogP contribution in [-0.2, 0) is 16.6 Å². The first-order valence-electron chi connectivity index (χ1n) is 5.70. The fourth-order valence-electron chi connectivity index (χ4n) is 1.68. The van der Waals surface area contributed by atoms with Crippen LogP contribution in [0.4, 0.5) is 0 Å². The molecule has 0 aliphatic carbocycles. The van der Waals surface area contributed by atoms with Crippen molar-refractivity contribution in [3.8, 4) is 0 Å². The summed E-state index contributed by atoms with van der Waals surface area (Å²) in [7, 11) is -1.93. The van der Waals surface area contributed by atoms with Gasteiger partial charge >= 0.3 is 0 Å². The number of aliphatic hydroxyl groups excluding tert-OH is 1. The summed E-state index contributed by atoms with van der Waals surface area (Å²) in [5.41, 5.74) is 0.694. The van der Waals surface area contributed by atoms with Crippen molar-refractivity contribution in [3.63, 3.8) is 0 Å². The third kappa shape index (κ3) is 3.20. The van der Waals surface area contributed by atoms with Gasteiger partial charge in [0.1, 0.15) is 4.90 Å². The van der Waals surface area contributed by atoms with Crippen molar-refractivity contribution in [2.75, 3.05) is 13.6 Å². The number of sulfonamides is 1. The third-order valence-electron chi connectivity index (χ3n) is 2.68. The molecule has 1 heterocycles. The molecule has 4 nitrogen and oxygen atoms in total. The van der Waals surface area contributed by atoms with E-state index in [9.17, 15) is 13.5 Å². The maximum atomic E-state index is 12.4. The first-order chi connectivity index (χ1) is 8.45. The normalized spacial score (nSPS) is 12.0. The molecular weight excluding hydrogens is 270 g/mol. The Hall–Kier alpha value is -0.690. The summed E-state index contributed by atoms with van der Waals surface area (Å²) in [6.45, 7) is 5.57. The maximum Gasteiger partial charge on any atom is 0.244 e. The smallest absolute Gasteiger partial charge is 0.244 e. The van der Waals surface area contributed by atoms with Gasteiger partial charge in [-0.1, -0.05) is 6.08 Å². The van der Waals surface area contributed by atoms with Crippen LogP contribution >= 0.6 is 11.3 Å². The molecule has 0 aliphatic rings. The van der Waals surface area contributed by atoms with Crippen molar-refractivity contribution in [3.05, 3.63) is 28.5 Å². The second-order valence-corrected chi connectivity index (χ2v) is 7.03. The van der Waals surface area contributed by atoms with E-state index < -0.39 is 10.0 Å². The summed E-state index contributed by atoms with van der Waals surface area (Å²) in [5, 5.41) is 11.0. The van der Waals surface area contributed by atoms with Crippen molar-refractivity contribution in [1.29, 1.82) is 0 Å². The van der Waals surface area contributed by atoms with Crippen LogP contribution in [0.2, 0.25) is 0 Å². The Balaban J connectivity index is 2.98. The second-order valence-electron chi connectivity index (χ2n) is 4.09. The third-order valence-corrected chi connectivity index (χ3v) is 5.99. The molecule has 6 heteroatoms. The minimum Gasteiger partial charge on any atom is -0.391 e. The number of hydrogen-bond acceptors (Lipinski definition) is 4. The number of allylic oxidation sites excluding steroid dienone is 1. The monoisotopic (exact) mass is 289 g/mol. The first-order valence-corrected chi connectivity index (χ1v) is 8.02. The zero-order chi connectivity index (χ0) is 13.8. The molecule has 1 rings (SSSR count). The minimum absolute atomic E-state index is 0.242. The number of rotatable bonds is 7. The SMILES string of the molecule is C=CCCCN(C)S(=O)(=O)c1c(C)csc1CO. The Kier molecular flexibility index (Phi) is 5.52. The van der Waals surface area contributed by atoms with Crippen LogP contribution in [0.5, 0.6) is 0 Å². The van der Waals surface area contributed by atoms with Gasteiger partial charge in [0.25, 0.3) is 0 Å². The number of nitrogens with zero attached hydrogens (tertiary/aromatic N) is 1. The summed E-state index contributed by atoms with van der Waals surface area (Å²) in [6, 6.07) is 0. The summed E-state index contributed by atoms with van der Waals surface area (Å²) in [4.78, 5) is 0.763. The molecule has 0 aromatic carbocycles. The average molecular weight is 289 g/mol. The van der Waals surface area contributed by atoms with Gasteiger partial charge in [-0.15, -0.1) is 17.9 Å². The van der Waals surface area contributed by atoms with Gasteiger partial charge in [-0.2, -0.15) is 0 Å². The fraction of sp³-hybridized carbons (Fsp3) is 0.500. The molecule has 0 saturated carbocycles. The number of thiophene rings is 1. The zero-order valence-corrected chi connectivity index (χ0v) is 12.4. The van der Waals surface area contributed by atoms with Gasteiger partial charge in [0.05, 0.1) is 11.5 Å². The van der Waals surface area contributed by atoms with Crippen molar-refractivity contribution < 1.29 is 13.5 Å². The van der Waals surface area contributed by atoms with Crippen LogP contribution in [0, 0.1) is 6.92 Å². The molecule has 0 amide bonds. The van der Waals surface area contributed by atoms with Gasteiger partial charge in [-0.05, 0) is 30.7 Å². The maximum absolute atomic E-state index is 12.4. The number of hydrogen-bond donors (Lipinski definition) is 1. The molecule has 0 bridgehead atoms. The van der Waals surface area contributed by atoms with Crippen molar-refractivity contribution in [1.82, 2.24) is 4.31 Å². The minimum atomic E-state index is -3.50. The standard InChI is InChI=1S/C12H19NO3S2/c1-4-5-6-7-13(3)18(15,16)12-10(2)9-17-11(12)8-14/h4,9,14H,1,5-8H2,2-3H3. The fourth-order valence-corrected chi connectivity index (χ4v) is 4.49. The predicted molar refractivity (Wildman–Crippen MR) is 74.2 cm³/mol. The molecule has 0 atom stereocenters. The lowest BCUT2D eigenvalue weighted by Gasteiger charge is -2.17. The largest absolute Gasteiger partial charge is 0.391 e. The lowest BCUT2D eigenvalue weighted by atomic mass is 10.3. The zero-order valence-electron chi connectivity index (χ0n) is 10.7. The van der Waals surface area contributed by atoms with Gasteiger partial charge in [-0.25, -0.2) is 12.7 Å². The highest BCUT2D eigenvalue weighted by Gasteiger charge is 2.26. The van der Waals surface area contributed by atoms with Gasteiger partial charge in [0, 0.05) is 13.6 Å². The Morgan fingerprint density at radius 3 is 2.78 bits per heavy atom. The Bertz CT molecular complexity index is 505. The molecule has 0 spiro atoms. The van der Waals surface area contributed by atoms with E-state index in [2.05, 4.69) is 6.58 Å². The van der Waals surface area contributed by atoms with Gasteiger partial charge in [0.2, 0.25) is 10.0 Å². The molecular formula is C12H19NO3S2. The average Bonchev–Trinajstić information content (AvgIpc) is 2.71. The van der Waals surface area contributed by atoms with Crippen LogP contribution in [0.3, 0.4) is 0 Å². The quantitative estimate of drug-likeness (QED) is 0.618. The van der Waals surface area contributed by atoms with E-state index in [0.717, 1.165) is 12.8 Å². The van der Waals surface area contributed by atoms with Crippen LogP contribution in [0.1, 0.15) is 23.3 Å². The van der Waals surface area contributed by atoms with Crippen LogP contribution in [0.25, 0.3) is 0 Å². The van der Waals surface area contributed by atoms with Crippen LogP contribution in [0.15, 0.2) is 22.9 Å². The molecule has 0 aliphatic heterocycles. The highest BCUT2D eigenvalue weighted by Crippen LogP contribution is 2.29. The Morgan fingerprint density at radius 2 is 2.22 bits per heavy atom. The Labute approximate surface area is 113 Å². The molecule has 0 radical (unpaired) electrons.